The summed E-state index contributed by atoms with van der Waals surface area (Å²) in [6.07, 6.45) is 2.53. The van der Waals surface area contributed by atoms with Crippen LogP contribution in [0.25, 0.3) is 0 Å². The number of nitrogens with zero attached hydrogens (tertiary/aromatic N) is 2. The van der Waals surface area contributed by atoms with Crippen LogP contribution in [0.5, 0.6) is 0 Å². The predicted octanol–water partition coefficient (Wildman–Crippen LogP) is 2.69. The van der Waals surface area contributed by atoms with Gasteiger partial charge in [-0.15, -0.1) is 0 Å². The zero-order valence-electron chi connectivity index (χ0n) is 15.2. The first-order chi connectivity index (χ1) is 13.0. The molecule has 3 rings (SSSR count). The summed E-state index contributed by atoms with van der Waals surface area (Å²) < 4.78 is 12.3. The lowest BCUT2D eigenvalue weighted by Gasteiger charge is -2.13. The molecule has 7 nitrogen and oxygen atoms in total. The van der Waals surface area contributed by atoms with Crippen molar-refractivity contribution >= 4 is 11.9 Å². The van der Waals surface area contributed by atoms with Crippen molar-refractivity contribution in [3.8, 4) is 0 Å². The van der Waals surface area contributed by atoms with Crippen LogP contribution in [0.1, 0.15) is 34.4 Å². The van der Waals surface area contributed by atoms with Crippen LogP contribution in [0.2, 0.25) is 0 Å². The number of furan rings is 1. The topological polar surface area (TPSA) is 86.4 Å². The molecule has 0 aliphatic rings. The van der Waals surface area contributed by atoms with E-state index in [1.54, 1.807) is 29.2 Å². The Morgan fingerprint density at radius 2 is 2.00 bits per heavy atom. The molecular weight excluding hydrogens is 346 g/mol. The number of aromatic nitrogens is 2. The van der Waals surface area contributed by atoms with Crippen LogP contribution in [0, 0.1) is 6.92 Å². The number of hydrogen-bond donors (Lipinski definition) is 1. The van der Waals surface area contributed by atoms with Gasteiger partial charge in [0, 0.05) is 18.9 Å². The first-order valence-electron chi connectivity index (χ1n) is 8.61. The van der Waals surface area contributed by atoms with Crippen LogP contribution >= 0.6 is 0 Å². The van der Waals surface area contributed by atoms with Crippen LogP contribution < -0.4 is 5.32 Å². The number of nitrogens with one attached hydrogen (secondary N) is 1. The molecule has 0 radical (unpaired) electrons. The minimum absolute atomic E-state index is 0.0512. The summed E-state index contributed by atoms with van der Waals surface area (Å²) in [6.45, 7) is 4.30. The van der Waals surface area contributed by atoms with Gasteiger partial charge in [0.05, 0.1) is 6.54 Å². The number of esters is 1. The molecular formula is C20H21N3O4. The van der Waals surface area contributed by atoms with Crippen molar-refractivity contribution in [2.24, 2.45) is 0 Å². The lowest BCUT2D eigenvalue weighted by Crippen LogP contribution is -2.35. The maximum absolute atomic E-state index is 12.2. The number of rotatable bonds is 7. The fourth-order valence-electron chi connectivity index (χ4n) is 2.44. The summed E-state index contributed by atoms with van der Waals surface area (Å²) in [6, 6.07) is 12.8. The summed E-state index contributed by atoms with van der Waals surface area (Å²) in [5, 5.41) is 6.83. The molecule has 7 heteroatoms. The molecule has 1 atom stereocenters. The lowest BCUT2D eigenvalue weighted by atomic mass is 10.1. The molecule has 27 heavy (non-hydrogen) atoms. The summed E-state index contributed by atoms with van der Waals surface area (Å²) in [7, 11) is 0. The van der Waals surface area contributed by atoms with Crippen LogP contribution in [0.4, 0.5) is 0 Å². The van der Waals surface area contributed by atoms with E-state index in [0.29, 0.717) is 18.8 Å². The van der Waals surface area contributed by atoms with Crippen molar-refractivity contribution in [1.82, 2.24) is 15.1 Å². The Morgan fingerprint density at radius 1 is 1.22 bits per heavy atom. The van der Waals surface area contributed by atoms with Crippen LogP contribution in [-0.4, -0.2) is 27.8 Å². The van der Waals surface area contributed by atoms with Crippen molar-refractivity contribution < 1.29 is 18.7 Å². The van der Waals surface area contributed by atoms with Gasteiger partial charge in [-0.3, -0.25) is 9.48 Å². The normalized spacial score (nSPS) is 11.8. The molecule has 140 valence electrons. The molecule has 0 fully saturated rings. The van der Waals surface area contributed by atoms with E-state index in [9.17, 15) is 9.59 Å². The SMILES string of the molecule is Cc1ccc(CNC(=O)C(C)OC(=O)c2ccc(Cn3cccn3)o2)cc1. The summed E-state index contributed by atoms with van der Waals surface area (Å²) in [5.74, 6) is -0.426. The van der Waals surface area contributed by atoms with E-state index < -0.39 is 12.1 Å². The molecule has 0 bridgehead atoms. The maximum Gasteiger partial charge on any atom is 0.375 e. The van der Waals surface area contributed by atoms with Crippen molar-refractivity contribution in [2.45, 2.75) is 33.0 Å². The standard InChI is InChI=1S/C20H21N3O4/c1-14-4-6-16(7-5-14)12-21-19(24)15(2)26-20(25)18-9-8-17(27-18)13-23-11-3-10-22-23/h3-11,15H,12-13H2,1-2H3,(H,21,24). The highest BCUT2D eigenvalue weighted by atomic mass is 16.6. The van der Waals surface area contributed by atoms with Crippen LogP contribution in [0.15, 0.2) is 59.3 Å². The number of amides is 1. The average Bonchev–Trinajstić information content (AvgIpc) is 3.33. The smallest absolute Gasteiger partial charge is 0.375 e. The second-order valence-corrected chi connectivity index (χ2v) is 6.22. The Bertz CT molecular complexity index is 898. The Balaban J connectivity index is 1.50. The molecule has 0 aliphatic carbocycles. The highest BCUT2D eigenvalue weighted by Crippen LogP contribution is 2.12. The third-order valence-corrected chi connectivity index (χ3v) is 3.98. The van der Waals surface area contributed by atoms with E-state index in [1.165, 1.54) is 13.0 Å². The zero-order valence-corrected chi connectivity index (χ0v) is 15.2. The Morgan fingerprint density at radius 3 is 2.70 bits per heavy atom. The third-order valence-electron chi connectivity index (χ3n) is 3.98. The highest BCUT2D eigenvalue weighted by molar-refractivity contribution is 5.90. The van der Waals surface area contributed by atoms with Crippen molar-refractivity contribution in [3.05, 3.63) is 77.5 Å². The lowest BCUT2D eigenvalue weighted by molar-refractivity contribution is -0.129. The van der Waals surface area contributed by atoms with Gasteiger partial charge < -0.3 is 14.5 Å². The summed E-state index contributed by atoms with van der Waals surface area (Å²) in [4.78, 5) is 24.3. The third kappa shape index (κ3) is 5.07. The van der Waals surface area contributed by atoms with Gasteiger partial charge in [0.1, 0.15) is 5.76 Å². The Kier molecular flexibility index (Phi) is 5.71. The molecule has 0 saturated carbocycles. The van der Waals surface area contributed by atoms with Gasteiger partial charge >= 0.3 is 5.97 Å². The van der Waals surface area contributed by atoms with Crippen molar-refractivity contribution in [1.29, 1.82) is 0 Å². The average molecular weight is 367 g/mol. The Hall–Kier alpha value is -3.35. The number of carbonyl (C=O) groups excluding carboxylic acids is 2. The minimum Gasteiger partial charge on any atom is -0.452 e. The number of aryl methyl sites for hydroxylation is 1. The fraction of sp³-hybridized carbons (Fsp3) is 0.250. The molecule has 1 amide bonds. The maximum atomic E-state index is 12.2. The fourth-order valence-corrected chi connectivity index (χ4v) is 2.44. The predicted molar refractivity (Wildman–Crippen MR) is 97.9 cm³/mol. The van der Waals surface area contributed by atoms with Crippen LogP contribution in [-0.2, 0) is 22.6 Å². The number of carbonyl (C=O) groups is 2. The van der Waals surface area contributed by atoms with Gasteiger partial charge in [0.25, 0.3) is 5.91 Å². The van der Waals surface area contributed by atoms with E-state index in [4.69, 9.17) is 9.15 Å². The molecule has 2 aromatic heterocycles. The van der Waals surface area contributed by atoms with Gasteiger partial charge in [-0.05, 0) is 37.6 Å². The molecule has 1 unspecified atom stereocenters. The van der Waals surface area contributed by atoms with Crippen molar-refractivity contribution in [3.63, 3.8) is 0 Å². The minimum atomic E-state index is -0.928. The molecule has 2 heterocycles. The van der Waals surface area contributed by atoms with Gasteiger partial charge in [0.15, 0.2) is 6.10 Å². The highest BCUT2D eigenvalue weighted by Gasteiger charge is 2.21. The summed E-state index contributed by atoms with van der Waals surface area (Å²) in [5.41, 5.74) is 2.12. The monoisotopic (exact) mass is 367 g/mol. The van der Waals surface area contributed by atoms with Gasteiger partial charge in [-0.25, -0.2) is 4.79 Å². The van der Waals surface area contributed by atoms with E-state index in [2.05, 4.69) is 10.4 Å². The van der Waals surface area contributed by atoms with E-state index in [0.717, 1.165) is 11.1 Å². The zero-order chi connectivity index (χ0) is 19.2. The van der Waals surface area contributed by atoms with Gasteiger partial charge in [-0.2, -0.15) is 5.10 Å². The number of ether oxygens (including phenoxy) is 1. The quantitative estimate of drug-likeness (QED) is 0.649. The molecule has 0 aliphatic heterocycles. The van der Waals surface area contributed by atoms with E-state index in [1.807, 2.05) is 31.2 Å². The molecule has 0 saturated heterocycles. The molecule has 1 aromatic carbocycles. The summed E-state index contributed by atoms with van der Waals surface area (Å²) >= 11 is 0. The second-order valence-electron chi connectivity index (χ2n) is 6.22. The first kappa shape index (κ1) is 18.4. The van der Waals surface area contributed by atoms with Gasteiger partial charge in [-0.1, -0.05) is 29.8 Å². The van der Waals surface area contributed by atoms with Crippen molar-refractivity contribution in [2.75, 3.05) is 0 Å². The van der Waals surface area contributed by atoms with E-state index in [-0.39, 0.29) is 11.7 Å². The largest absolute Gasteiger partial charge is 0.452 e. The van der Waals surface area contributed by atoms with Gasteiger partial charge in [0.2, 0.25) is 5.76 Å². The molecule has 0 spiro atoms. The molecule has 3 aromatic rings. The Labute approximate surface area is 156 Å². The second kappa shape index (κ2) is 8.35. The molecule has 1 N–H and O–H groups in total. The van der Waals surface area contributed by atoms with E-state index >= 15 is 0 Å². The number of benzene rings is 1. The first-order valence-corrected chi connectivity index (χ1v) is 8.61. The number of hydrogen-bond acceptors (Lipinski definition) is 5. The van der Waals surface area contributed by atoms with Crippen LogP contribution in [0.3, 0.4) is 0 Å².